The van der Waals surface area contributed by atoms with Crippen LogP contribution < -0.4 is 9.64 Å². The number of nitrogens with zero attached hydrogens (tertiary/aromatic N) is 1. The second-order valence-electron chi connectivity index (χ2n) is 6.09. The van der Waals surface area contributed by atoms with Gasteiger partial charge in [-0.15, -0.1) is 0 Å². The van der Waals surface area contributed by atoms with Gasteiger partial charge in [-0.3, -0.25) is 0 Å². The maximum absolute atomic E-state index is 9.61. The van der Waals surface area contributed by atoms with Crippen molar-refractivity contribution in [2.75, 3.05) is 11.9 Å². The number of ether oxygens (including phenoxy) is 1. The van der Waals surface area contributed by atoms with Gasteiger partial charge in [0.2, 0.25) is 0 Å². The van der Waals surface area contributed by atoms with Crippen LogP contribution in [-0.4, -0.2) is 12.2 Å². The van der Waals surface area contributed by atoms with E-state index < -0.39 is 6.10 Å². The van der Waals surface area contributed by atoms with Crippen molar-refractivity contribution in [3.8, 4) is 5.75 Å². The van der Waals surface area contributed by atoms with E-state index in [0.29, 0.717) is 6.61 Å². The Balaban J connectivity index is 1.64. The summed E-state index contributed by atoms with van der Waals surface area (Å²) in [5.74, 6) is 0.852. The van der Waals surface area contributed by atoms with Crippen molar-refractivity contribution in [1.29, 1.82) is 0 Å². The van der Waals surface area contributed by atoms with Crippen molar-refractivity contribution in [3.05, 3.63) is 90.0 Å². The fourth-order valence-corrected chi connectivity index (χ4v) is 2.63. The molecule has 0 aliphatic heterocycles. The molecule has 0 radical (unpaired) electrons. The summed E-state index contributed by atoms with van der Waals surface area (Å²) in [6, 6.07) is 26.1. The van der Waals surface area contributed by atoms with Gasteiger partial charge in [0.05, 0.1) is 6.10 Å². The summed E-state index contributed by atoms with van der Waals surface area (Å²) >= 11 is 0. The minimum Gasteiger partial charge on any atom is -0.489 e. The molecule has 0 fully saturated rings. The molecule has 0 amide bonds. The van der Waals surface area contributed by atoms with Crippen molar-refractivity contribution in [1.82, 2.24) is 0 Å². The number of anilines is 2. The van der Waals surface area contributed by atoms with Crippen molar-refractivity contribution >= 4 is 11.4 Å². The van der Waals surface area contributed by atoms with Crippen molar-refractivity contribution in [3.63, 3.8) is 0 Å². The van der Waals surface area contributed by atoms with Crippen LogP contribution in [0.25, 0.3) is 0 Å². The smallest absolute Gasteiger partial charge is 0.119 e. The van der Waals surface area contributed by atoms with Crippen LogP contribution >= 0.6 is 0 Å². The van der Waals surface area contributed by atoms with Crippen LogP contribution in [0.3, 0.4) is 0 Å². The maximum Gasteiger partial charge on any atom is 0.119 e. The fourth-order valence-electron chi connectivity index (χ4n) is 2.63. The highest BCUT2D eigenvalue weighted by atomic mass is 16.5. The van der Waals surface area contributed by atoms with Crippen LogP contribution in [0.1, 0.15) is 24.2 Å². The van der Waals surface area contributed by atoms with Gasteiger partial charge in [0.1, 0.15) is 12.4 Å². The maximum atomic E-state index is 9.61. The molecule has 0 heterocycles. The molecule has 128 valence electrons. The molecule has 0 saturated heterocycles. The average molecular weight is 333 g/mol. The molecule has 0 aromatic heterocycles. The normalized spacial score (nSPS) is 11.8. The highest BCUT2D eigenvalue weighted by molar-refractivity contribution is 5.63. The first-order valence-electron chi connectivity index (χ1n) is 8.42. The van der Waals surface area contributed by atoms with Crippen LogP contribution in [0.2, 0.25) is 0 Å². The molecule has 0 saturated carbocycles. The van der Waals surface area contributed by atoms with Crippen LogP contribution in [-0.2, 0) is 6.61 Å². The van der Waals surface area contributed by atoms with E-state index >= 15 is 0 Å². The molecule has 3 nitrogen and oxygen atoms in total. The molecule has 1 atom stereocenters. The summed E-state index contributed by atoms with van der Waals surface area (Å²) in [4.78, 5) is 2.10. The number of aliphatic hydroxyl groups excluding tert-OH is 1. The van der Waals surface area contributed by atoms with Gasteiger partial charge in [-0.25, -0.2) is 0 Å². The first-order chi connectivity index (χ1) is 12.1. The van der Waals surface area contributed by atoms with E-state index in [1.54, 1.807) is 6.92 Å². The lowest BCUT2D eigenvalue weighted by Crippen LogP contribution is -2.09. The molecule has 3 heteroatoms. The predicted molar refractivity (Wildman–Crippen MR) is 102 cm³/mol. The van der Waals surface area contributed by atoms with Gasteiger partial charge >= 0.3 is 0 Å². The van der Waals surface area contributed by atoms with E-state index in [2.05, 4.69) is 17.0 Å². The highest BCUT2D eigenvalue weighted by Gasteiger charge is 2.06. The quantitative estimate of drug-likeness (QED) is 0.682. The second-order valence-corrected chi connectivity index (χ2v) is 6.09. The largest absolute Gasteiger partial charge is 0.489 e. The Morgan fingerprint density at radius 1 is 0.840 bits per heavy atom. The standard InChI is InChI=1S/C22H23NO2/c1-17(24)19-8-10-20(11-9-19)23(2)21-12-14-22(15-13-21)25-16-18-6-4-3-5-7-18/h3-15,17,24H,16H2,1-2H3. The van der Waals surface area contributed by atoms with E-state index in [0.717, 1.165) is 28.3 Å². The lowest BCUT2D eigenvalue weighted by molar-refractivity contribution is 0.199. The Labute approximate surface area is 149 Å². The Bertz CT molecular complexity index is 781. The molecule has 0 bridgehead atoms. The van der Waals surface area contributed by atoms with Crippen LogP contribution in [0, 0.1) is 0 Å². The molecule has 3 aromatic carbocycles. The van der Waals surface area contributed by atoms with Gasteiger partial charge in [-0.05, 0) is 54.4 Å². The fraction of sp³-hybridized carbons (Fsp3) is 0.182. The van der Waals surface area contributed by atoms with E-state index in [1.807, 2.05) is 73.8 Å². The Hall–Kier alpha value is -2.78. The minimum absolute atomic E-state index is 0.444. The molecule has 0 spiro atoms. The second kappa shape index (κ2) is 7.86. The monoisotopic (exact) mass is 333 g/mol. The summed E-state index contributed by atoms with van der Waals surface area (Å²) in [5, 5.41) is 9.61. The van der Waals surface area contributed by atoms with Gasteiger partial charge < -0.3 is 14.7 Å². The van der Waals surface area contributed by atoms with Gasteiger partial charge in [0.15, 0.2) is 0 Å². The van der Waals surface area contributed by atoms with Gasteiger partial charge in [-0.1, -0.05) is 42.5 Å². The third kappa shape index (κ3) is 4.40. The van der Waals surface area contributed by atoms with Crippen molar-refractivity contribution in [2.24, 2.45) is 0 Å². The summed E-state index contributed by atoms with van der Waals surface area (Å²) in [5.41, 5.74) is 4.22. The molecule has 3 rings (SSSR count). The minimum atomic E-state index is -0.444. The lowest BCUT2D eigenvalue weighted by atomic mass is 10.1. The van der Waals surface area contributed by atoms with Gasteiger partial charge in [0.25, 0.3) is 0 Å². The van der Waals surface area contributed by atoms with Crippen LogP contribution in [0.4, 0.5) is 11.4 Å². The Kier molecular flexibility index (Phi) is 5.36. The lowest BCUT2D eigenvalue weighted by Gasteiger charge is -2.20. The average Bonchev–Trinajstić information content (AvgIpc) is 2.67. The SMILES string of the molecule is CC(O)c1ccc(N(C)c2ccc(OCc3ccccc3)cc2)cc1. The number of hydrogen-bond donors (Lipinski definition) is 1. The summed E-state index contributed by atoms with van der Waals surface area (Å²) in [7, 11) is 2.03. The number of rotatable bonds is 6. The zero-order valence-electron chi connectivity index (χ0n) is 14.6. The molecule has 0 aliphatic rings. The Morgan fingerprint density at radius 2 is 1.40 bits per heavy atom. The molecule has 1 N–H and O–H groups in total. The summed E-state index contributed by atoms with van der Waals surface area (Å²) in [6.07, 6.45) is -0.444. The molecular weight excluding hydrogens is 310 g/mol. The summed E-state index contributed by atoms with van der Waals surface area (Å²) in [6.45, 7) is 2.34. The van der Waals surface area contributed by atoms with Gasteiger partial charge in [-0.2, -0.15) is 0 Å². The zero-order chi connectivity index (χ0) is 17.6. The first-order valence-corrected chi connectivity index (χ1v) is 8.42. The molecule has 1 unspecified atom stereocenters. The van der Waals surface area contributed by atoms with Crippen LogP contribution in [0.15, 0.2) is 78.9 Å². The van der Waals surface area contributed by atoms with Gasteiger partial charge in [0, 0.05) is 18.4 Å². The molecule has 0 aliphatic carbocycles. The predicted octanol–water partition coefficient (Wildman–Crippen LogP) is 5.09. The van der Waals surface area contributed by atoms with E-state index in [1.165, 1.54) is 0 Å². The number of hydrogen-bond acceptors (Lipinski definition) is 3. The number of aliphatic hydroxyl groups is 1. The van der Waals surface area contributed by atoms with Crippen molar-refractivity contribution < 1.29 is 9.84 Å². The zero-order valence-corrected chi connectivity index (χ0v) is 14.6. The Morgan fingerprint density at radius 3 is 1.96 bits per heavy atom. The third-order valence-corrected chi connectivity index (χ3v) is 4.24. The van der Waals surface area contributed by atoms with E-state index in [4.69, 9.17) is 4.74 Å². The highest BCUT2D eigenvalue weighted by Crippen LogP contribution is 2.27. The first kappa shape index (κ1) is 17.1. The van der Waals surface area contributed by atoms with E-state index in [9.17, 15) is 5.11 Å². The summed E-state index contributed by atoms with van der Waals surface area (Å²) < 4.78 is 5.83. The molecular formula is C22H23NO2. The van der Waals surface area contributed by atoms with Crippen molar-refractivity contribution in [2.45, 2.75) is 19.6 Å². The van der Waals surface area contributed by atoms with E-state index in [-0.39, 0.29) is 0 Å². The molecule has 3 aromatic rings. The van der Waals surface area contributed by atoms with Crippen LogP contribution in [0.5, 0.6) is 5.75 Å². The number of benzene rings is 3. The molecule has 25 heavy (non-hydrogen) atoms. The topological polar surface area (TPSA) is 32.7 Å². The third-order valence-electron chi connectivity index (χ3n) is 4.24.